The van der Waals surface area contributed by atoms with E-state index in [4.69, 9.17) is 26.6 Å². The molecule has 0 radical (unpaired) electrons. The van der Waals surface area contributed by atoms with Crippen molar-refractivity contribution in [2.24, 2.45) is 0 Å². The Bertz CT molecular complexity index is 365. The molecule has 0 aliphatic heterocycles. The molecule has 0 aliphatic carbocycles. The molecular weight excluding hydrogens is 380 g/mol. The summed E-state index contributed by atoms with van der Waals surface area (Å²) in [7, 11) is 3.68. The van der Waals surface area contributed by atoms with Gasteiger partial charge in [-0.25, -0.2) is 0 Å². The number of amides is 2. The lowest BCUT2D eigenvalue weighted by molar-refractivity contribution is -0.126. The second-order valence-corrected chi connectivity index (χ2v) is 11.5. The Morgan fingerprint density at radius 1 is 0.615 bits per heavy atom. The van der Waals surface area contributed by atoms with Gasteiger partial charge in [-0.1, -0.05) is 0 Å². The van der Waals surface area contributed by atoms with Crippen molar-refractivity contribution in [3.8, 4) is 0 Å². The van der Waals surface area contributed by atoms with Crippen LogP contribution < -0.4 is 10.6 Å². The number of rotatable bonds is 15. The molecule has 0 atom stereocenters. The Kier molecular flexibility index (Phi) is 12.9. The molecule has 0 spiro atoms. The van der Waals surface area contributed by atoms with Gasteiger partial charge in [0, 0.05) is 80.7 Å². The van der Waals surface area contributed by atoms with E-state index in [2.05, 4.69) is 10.6 Å². The summed E-state index contributed by atoms with van der Waals surface area (Å²) in [4.78, 5) is 23.6. The fourth-order valence-corrected chi connectivity index (χ4v) is 5.31. The van der Waals surface area contributed by atoms with Gasteiger partial charge in [0.15, 0.2) is 0 Å². The SMILES string of the molecule is CO[Si](CCNC(=O)CCC(=O)NCC[Si](OC)(OC)OC)(OC)OC. The van der Waals surface area contributed by atoms with Gasteiger partial charge in [-0.15, -0.1) is 0 Å². The third-order valence-corrected chi connectivity index (χ3v) is 9.41. The van der Waals surface area contributed by atoms with Crippen LogP contribution in [0.1, 0.15) is 12.8 Å². The number of carbonyl (C=O) groups is 2. The van der Waals surface area contributed by atoms with Gasteiger partial charge in [0.25, 0.3) is 0 Å². The highest BCUT2D eigenvalue weighted by atomic mass is 28.4. The second-order valence-electron chi connectivity index (χ2n) is 5.29. The first-order valence-electron chi connectivity index (χ1n) is 8.20. The maximum Gasteiger partial charge on any atom is 0.501 e. The van der Waals surface area contributed by atoms with Crippen LogP contribution in [-0.4, -0.2) is 85.2 Å². The van der Waals surface area contributed by atoms with Crippen LogP contribution in [0.5, 0.6) is 0 Å². The van der Waals surface area contributed by atoms with Crippen molar-refractivity contribution in [3.05, 3.63) is 0 Å². The Balaban J connectivity index is 4.04. The molecule has 0 bridgehead atoms. The third kappa shape index (κ3) is 8.68. The molecule has 0 rings (SSSR count). The predicted molar refractivity (Wildman–Crippen MR) is 98.4 cm³/mol. The van der Waals surface area contributed by atoms with E-state index in [-0.39, 0.29) is 24.7 Å². The first-order chi connectivity index (χ1) is 12.4. The average molecular weight is 413 g/mol. The van der Waals surface area contributed by atoms with E-state index >= 15 is 0 Å². The first-order valence-corrected chi connectivity index (χ1v) is 12.1. The van der Waals surface area contributed by atoms with E-state index in [0.29, 0.717) is 25.2 Å². The van der Waals surface area contributed by atoms with Crippen LogP contribution in [0.3, 0.4) is 0 Å². The highest BCUT2D eigenvalue weighted by Gasteiger charge is 2.38. The molecule has 0 aliphatic rings. The fourth-order valence-electron chi connectivity index (χ4n) is 2.23. The van der Waals surface area contributed by atoms with Crippen LogP contribution in [0.2, 0.25) is 12.1 Å². The largest absolute Gasteiger partial charge is 0.501 e. The topological polar surface area (TPSA) is 114 Å². The zero-order valence-electron chi connectivity index (χ0n) is 16.5. The zero-order valence-corrected chi connectivity index (χ0v) is 18.5. The van der Waals surface area contributed by atoms with E-state index in [1.165, 1.54) is 42.7 Å². The molecule has 26 heavy (non-hydrogen) atoms. The number of carbonyl (C=O) groups excluding carboxylic acids is 2. The lowest BCUT2D eigenvalue weighted by Gasteiger charge is -2.24. The molecule has 0 fully saturated rings. The quantitative estimate of drug-likeness (QED) is 0.354. The molecule has 154 valence electrons. The molecule has 0 unspecified atom stereocenters. The van der Waals surface area contributed by atoms with Crippen LogP contribution in [0, 0.1) is 0 Å². The summed E-state index contributed by atoms with van der Waals surface area (Å²) >= 11 is 0. The maximum atomic E-state index is 11.8. The van der Waals surface area contributed by atoms with E-state index in [1.807, 2.05) is 0 Å². The van der Waals surface area contributed by atoms with E-state index in [0.717, 1.165) is 0 Å². The summed E-state index contributed by atoms with van der Waals surface area (Å²) in [5.74, 6) is -0.443. The van der Waals surface area contributed by atoms with Gasteiger partial charge in [-0.05, 0) is 0 Å². The third-order valence-electron chi connectivity index (χ3n) is 3.95. The molecule has 0 aromatic heterocycles. The Morgan fingerprint density at radius 2 is 0.885 bits per heavy atom. The summed E-state index contributed by atoms with van der Waals surface area (Å²) < 4.78 is 31.6. The van der Waals surface area contributed by atoms with Crippen LogP contribution >= 0.6 is 0 Å². The Morgan fingerprint density at radius 3 is 1.12 bits per heavy atom. The van der Waals surface area contributed by atoms with Crippen molar-refractivity contribution < 1.29 is 36.1 Å². The standard InChI is InChI=1S/C14H32N2O8Si2/c1-19-25(20-2,21-3)11-9-15-13(17)7-8-14(18)16-10-12-26(22-4,23-5)24-6/h7-12H2,1-6H3,(H,15,17)(H,16,18). The molecule has 0 saturated carbocycles. The van der Waals surface area contributed by atoms with Crippen molar-refractivity contribution in [2.75, 3.05) is 55.7 Å². The van der Waals surface area contributed by atoms with Crippen LogP contribution in [-0.2, 0) is 36.1 Å². The van der Waals surface area contributed by atoms with Crippen molar-refractivity contribution >= 4 is 29.4 Å². The average Bonchev–Trinajstić information content (AvgIpc) is 2.68. The van der Waals surface area contributed by atoms with Gasteiger partial charge in [-0.3, -0.25) is 9.59 Å². The Labute approximate surface area is 157 Å². The number of hydrogen-bond donors (Lipinski definition) is 2. The van der Waals surface area contributed by atoms with Gasteiger partial charge < -0.3 is 37.2 Å². The first kappa shape index (κ1) is 25.1. The molecule has 10 nitrogen and oxygen atoms in total. The lowest BCUT2D eigenvalue weighted by atomic mass is 10.3. The van der Waals surface area contributed by atoms with Crippen molar-refractivity contribution in [1.82, 2.24) is 10.6 Å². The van der Waals surface area contributed by atoms with Crippen molar-refractivity contribution in [2.45, 2.75) is 24.9 Å². The molecule has 2 N–H and O–H groups in total. The van der Waals surface area contributed by atoms with Crippen molar-refractivity contribution in [1.29, 1.82) is 0 Å². The minimum absolute atomic E-state index is 0.0920. The van der Waals surface area contributed by atoms with Gasteiger partial charge in [0.05, 0.1) is 0 Å². The normalized spacial score (nSPS) is 12.1. The van der Waals surface area contributed by atoms with Gasteiger partial charge in [0.1, 0.15) is 0 Å². The van der Waals surface area contributed by atoms with E-state index < -0.39 is 17.6 Å². The van der Waals surface area contributed by atoms with Crippen LogP contribution in [0.25, 0.3) is 0 Å². The van der Waals surface area contributed by atoms with E-state index in [9.17, 15) is 9.59 Å². The molecule has 0 heterocycles. The second kappa shape index (κ2) is 13.3. The molecule has 12 heteroatoms. The highest BCUT2D eigenvalue weighted by molar-refractivity contribution is 6.61. The zero-order chi connectivity index (χ0) is 20.1. The predicted octanol–water partition coefficient (Wildman–Crippen LogP) is -0.245. The molecule has 0 aromatic carbocycles. The van der Waals surface area contributed by atoms with Crippen LogP contribution in [0.4, 0.5) is 0 Å². The fraction of sp³-hybridized carbons (Fsp3) is 0.857. The van der Waals surface area contributed by atoms with Gasteiger partial charge in [0.2, 0.25) is 11.8 Å². The summed E-state index contributed by atoms with van der Waals surface area (Å²) in [6.07, 6.45) is 0.184. The monoisotopic (exact) mass is 412 g/mol. The maximum absolute atomic E-state index is 11.8. The van der Waals surface area contributed by atoms with Gasteiger partial charge in [-0.2, -0.15) is 0 Å². The minimum Gasteiger partial charge on any atom is -0.377 e. The summed E-state index contributed by atoms with van der Waals surface area (Å²) in [6, 6.07) is 0.901. The summed E-state index contributed by atoms with van der Waals surface area (Å²) in [5, 5.41) is 5.45. The Hall–Kier alpha value is -0.866. The summed E-state index contributed by atoms with van der Waals surface area (Å²) in [6.45, 7) is 0.706. The van der Waals surface area contributed by atoms with Gasteiger partial charge >= 0.3 is 17.6 Å². The molecular formula is C14H32N2O8Si2. The van der Waals surface area contributed by atoms with E-state index in [1.54, 1.807) is 0 Å². The lowest BCUT2D eigenvalue weighted by Crippen LogP contribution is -2.46. The molecule has 0 aromatic rings. The molecule has 2 amide bonds. The minimum atomic E-state index is -2.70. The van der Waals surface area contributed by atoms with Crippen molar-refractivity contribution in [3.63, 3.8) is 0 Å². The van der Waals surface area contributed by atoms with Crippen LogP contribution in [0.15, 0.2) is 0 Å². The highest BCUT2D eigenvalue weighted by Crippen LogP contribution is 2.12. The number of nitrogens with one attached hydrogen (secondary N) is 2. The molecule has 0 saturated heterocycles. The smallest absolute Gasteiger partial charge is 0.377 e. The number of hydrogen-bond acceptors (Lipinski definition) is 8. The summed E-state index contributed by atoms with van der Waals surface area (Å²) in [5.41, 5.74) is 0.